The number of hydrazine groups is 1. The fourth-order valence-electron chi connectivity index (χ4n) is 3.07. The average molecular weight is 491 g/mol. The van der Waals surface area contributed by atoms with Gasteiger partial charge < -0.3 is 14.8 Å². The lowest BCUT2D eigenvalue weighted by Crippen LogP contribution is -2.45. The van der Waals surface area contributed by atoms with Crippen molar-refractivity contribution in [3.05, 3.63) is 59.7 Å². The molecule has 2 aromatic rings. The lowest BCUT2D eigenvalue weighted by molar-refractivity contribution is -0.116. The van der Waals surface area contributed by atoms with E-state index in [0.717, 1.165) is 5.56 Å². The number of carbonyl (C=O) groups is 1. The van der Waals surface area contributed by atoms with E-state index in [1.54, 1.807) is 32.1 Å². The molecule has 3 N–H and O–H groups in total. The molecule has 0 aliphatic carbocycles. The second kappa shape index (κ2) is 11.1. The third kappa shape index (κ3) is 6.44. The Kier molecular flexibility index (Phi) is 8.26. The van der Waals surface area contributed by atoms with E-state index in [2.05, 4.69) is 16.2 Å². The van der Waals surface area contributed by atoms with Crippen molar-refractivity contribution >= 4 is 39.3 Å². The average Bonchev–Trinajstić information content (AvgIpc) is 3.29. The molecule has 9 nitrogen and oxygen atoms in total. The Morgan fingerprint density at radius 3 is 2.45 bits per heavy atom. The van der Waals surface area contributed by atoms with Crippen molar-refractivity contribution < 1.29 is 22.7 Å². The fraction of sp³-hybridized carbons (Fsp3) is 0.273. The normalized spacial score (nSPS) is 12.7. The minimum atomic E-state index is -3.51. The van der Waals surface area contributed by atoms with Gasteiger partial charge in [0, 0.05) is 25.7 Å². The molecule has 0 bridgehead atoms. The SMILES string of the molecule is CCN(CC)S(=O)(=O)c1ccc(/C=C/C(=O)NNC(=S)NCc2ccc3c(c2)OCO3)cc1. The maximum absolute atomic E-state index is 12.5. The highest BCUT2D eigenvalue weighted by atomic mass is 32.2. The first kappa shape index (κ1) is 24.5. The first-order valence-corrected chi connectivity index (χ1v) is 12.2. The first-order valence-electron chi connectivity index (χ1n) is 10.3. The van der Waals surface area contributed by atoms with Crippen molar-refractivity contribution in [1.29, 1.82) is 0 Å². The summed E-state index contributed by atoms with van der Waals surface area (Å²) in [4.78, 5) is 12.3. The van der Waals surface area contributed by atoms with E-state index in [9.17, 15) is 13.2 Å². The number of nitrogens with one attached hydrogen (secondary N) is 3. The molecule has 0 aromatic heterocycles. The molecule has 0 fully saturated rings. The minimum absolute atomic E-state index is 0.214. The molecular formula is C22H26N4O5S2. The molecule has 1 aliphatic heterocycles. The van der Waals surface area contributed by atoms with Gasteiger partial charge in [-0.3, -0.25) is 15.6 Å². The summed E-state index contributed by atoms with van der Waals surface area (Å²) in [5, 5.41) is 3.23. The van der Waals surface area contributed by atoms with Crippen LogP contribution in [0.15, 0.2) is 53.4 Å². The lowest BCUT2D eigenvalue weighted by Gasteiger charge is -2.18. The molecule has 1 heterocycles. The summed E-state index contributed by atoms with van der Waals surface area (Å²) >= 11 is 5.16. The highest BCUT2D eigenvalue weighted by Gasteiger charge is 2.21. The van der Waals surface area contributed by atoms with Gasteiger partial charge in [0.2, 0.25) is 16.8 Å². The molecule has 2 aromatic carbocycles. The molecular weight excluding hydrogens is 464 g/mol. The van der Waals surface area contributed by atoms with Crippen LogP contribution in [0.4, 0.5) is 0 Å². The van der Waals surface area contributed by atoms with Crippen LogP contribution in [-0.4, -0.2) is 43.6 Å². The summed E-state index contributed by atoms with van der Waals surface area (Å²) in [6.45, 7) is 5.05. The number of benzene rings is 2. The summed E-state index contributed by atoms with van der Waals surface area (Å²) in [6.07, 6.45) is 2.90. The number of carbonyl (C=O) groups excluding carboxylic acids is 1. The minimum Gasteiger partial charge on any atom is -0.454 e. The molecule has 0 spiro atoms. The predicted molar refractivity (Wildman–Crippen MR) is 129 cm³/mol. The number of thiocarbonyl (C=S) groups is 1. The number of nitrogens with zero attached hydrogens (tertiary/aromatic N) is 1. The van der Waals surface area contributed by atoms with Crippen LogP contribution < -0.4 is 25.6 Å². The van der Waals surface area contributed by atoms with Crippen molar-refractivity contribution in [2.45, 2.75) is 25.3 Å². The largest absolute Gasteiger partial charge is 0.454 e. The molecule has 33 heavy (non-hydrogen) atoms. The van der Waals surface area contributed by atoms with Crippen LogP contribution in [0, 0.1) is 0 Å². The van der Waals surface area contributed by atoms with E-state index in [4.69, 9.17) is 21.7 Å². The topological polar surface area (TPSA) is 109 Å². The number of fused-ring (bicyclic) bond motifs is 1. The van der Waals surface area contributed by atoms with Crippen LogP contribution in [-0.2, 0) is 21.4 Å². The van der Waals surface area contributed by atoms with Crippen molar-refractivity contribution in [2.24, 2.45) is 0 Å². The Balaban J connectivity index is 1.45. The standard InChI is InChI=1S/C22H26N4O5S2/c1-3-26(4-2)33(28,29)18-9-5-16(6-10-18)8-12-21(27)24-25-22(32)23-14-17-7-11-19-20(13-17)31-15-30-19/h5-13H,3-4,14-15H2,1-2H3,(H,24,27)(H2,23,25,32)/b12-8+. The van der Waals surface area contributed by atoms with Gasteiger partial charge in [0.15, 0.2) is 16.6 Å². The molecule has 3 rings (SSSR count). The Labute approximate surface area is 198 Å². The molecule has 0 atom stereocenters. The molecule has 176 valence electrons. The zero-order valence-corrected chi connectivity index (χ0v) is 20.0. The van der Waals surface area contributed by atoms with Crippen LogP contribution in [0.1, 0.15) is 25.0 Å². The van der Waals surface area contributed by atoms with Crippen LogP contribution >= 0.6 is 12.2 Å². The fourth-order valence-corrected chi connectivity index (χ4v) is 4.65. The third-order valence-corrected chi connectivity index (χ3v) is 7.15. The van der Waals surface area contributed by atoms with Gasteiger partial charge in [0.05, 0.1) is 4.90 Å². The van der Waals surface area contributed by atoms with Crippen LogP contribution in [0.5, 0.6) is 11.5 Å². The Hall–Kier alpha value is -3.15. The number of ether oxygens (including phenoxy) is 2. The van der Waals surface area contributed by atoms with Crippen LogP contribution in [0.3, 0.4) is 0 Å². The molecule has 0 radical (unpaired) electrons. The first-order chi connectivity index (χ1) is 15.8. The number of hydrogen-bond donors (Lipinski definition) is 3. The zero-order valence-electron chi connectivity index (χ0n) is 18.3. The molecule has 1 aliphatic rings. The van der Waals surface area contributed by atoms with Crippen LogP contribution in [0.25, 0.3) is 6.08 Å². The smallest absolute Gasteiger partial charge is 0.262 e. The predicted octanol–water partition coefficient (Wildman–Crippen LogP) is 2.15. The molecule has 1 amide bonds. The zero-order chi connectivity index (χ0) is 23.8. The van der Waals surface area contributed by atoms with E-state index >= 15 is 0 Å². The summed E-state index contributed by atoms with van der Waals surface area (Å²) < 4.78 is 37.0. The van der Waals surface area contributed by atoms with Gasteiger partial charge in [-0.1, -0.05) is 32.0 Å². The Bertz CT molecular complexity index is 1130. The van der Waals surface area contributed by atoms with E-state index < -0.39 is 15.9 Å². The number of hydrogen-bond acceptors (Lipinski definition) is 6. The second-order valence-corrected chi connectivity index (χ2v) is 9.32. The highest BCUT2D eigenvalue weighted by Crippen LogP contribution is 2.32. The van der Waals surface area contributed by atoms with Crippen molar-refractivity contribution in [3.63, 3.8) is 0 Å². The number of sulfonamides is 1. The monoisotopic (exact) mass is 490 g/mol. The Morgan fingerprint density at radius 1 is 1.06 bits per heavy atom. The van der Waals surface area contributed by atoms with E-state index in [1.165, 1.54) is 22.5 Å². The van der Waals surface area contributed by atoms with E-state index in [1.807, 2.05) is 18.2 Å². The highest BCUT2D eigenvalue weighted by molar-refractivity contribution is 7.89. The van der Waals surface area contributed by atoms with Gasteiger partial charge >= 0.3 is 0 Å². The maximum atomic E-state index is 12.5. The number of amides is 1. The van der Waals surface area contributed by atoms with Crippen LogP contribution in [0.2, 0.25) is 0 Å². The molecule has 0 saturated heterocycles. The van der Waals surface area contributed by atoms with Gasteiger partial charge in [0.25, 0.3) is 5.91 Å². The van der Waals surface area contributed by atoms with Gasteiger partial charge in [-0.25, -0.2) is 8.42 Å². The third-order valence-electron chi connectivity index (χ3n) is 4.84. The lowest BCUT2D eigenvalue weighted by atomic mass is 10.2. The Morgan fingerprint density at radius 2 is 1.76 bits per heavy atom. The van der Waals surface area contributed by atoms with E-state index in [-0.39, 0.29) is 16.8 Å². The molecule has 11 heteroatoms. The summed E-state index contributed by atoms with van der Waals surface area (Å²) in [5.74, 6) is 0.978. The van der Waals surface area contributed by atoms with Crippen molar-refractivity contribution in [1.82, 2.24) is 20.5 Å². The quantitative estimate of drug-likeness (QED) is 0.294. The summed E-state index contributed by atoms with van der Waals surface area (Å²) in [6, 6.07) is 11.9. The van der Waals surface area contributed by atoms with Gasteiger partial charge in [-0.2, -0.15) is 4.31 Å². The van der Waals surface area contributed by atoms with Crippen molar-refractivity contribution in [2.75, 3.05) is 19.9 Å². The second-order valence-electron chi connectivity index (χ2n) is 6.98. The maximum Gasteiger partial charge on any atom is 0.262 e. The molecule has 0 unspecified atom stereocenters. The number of rotatable bonds is 8. The van der Waals surface area contributed by atoms with Gasteiger partial charge in [0.1, 0.15) is 0 Å². The van der Waals surface area contributed by atoms with E-state index in [0.29, 0.717) is 36.7 Å². The summed E-state index contributed by atoms with van der Waals surface area (Å²) in [5.41, 5.74) is 6.73. The molecule has 0 saturated carbocycles. The van der Waals surface area contributed by atoms with Crippen molar-refractivity contribution in [3.8, 4) is 11.5 Å². The van der Waals surface area contributed by atoms with Gasteiger partial charge in [-0.15, -0.1) is 0 Å². The summed E-state index contributed by atoms with van der Waals surface area (Å²) in [7, 11) is -3.51. The van der Waals surface area contributed by atoms with Gasteiger partial charge in [-0.05, 0) is 53.7 Å².